The van der Waals surface area contributed by atoms with Crippen molar-refractivity contribution in [2.75, 3.05) is 0 Å². The Labute approximate surface area is 86.4 Å². The lowest BCUT2D eigenvalue weighted by atomic mass is 10.4. The third-order valence-corrected chi connectivity index (χ3v) is 1.98. The molecule has 0 bridgehead atoms. The summed E-state index contributed by atoms with van der Waals surface area (Å²) in [6.45, 7) is 0. The van der Waals surface area contributed by atoms with Gasteiger partial charge < -0.3 is 0 Å². The van der Waals surface area contributed by atoms with Gasteiger partial charge in [-0.05, 0) is 24.3 Å². The molecule has 0 aliphatic heterocycles. The van der Waals surface area contributed by atoms with Crippen molar-refractivity contribution in [3.63, 3.8) is 0 Å². The first-order valence-electron chi connectivity index (χ1n) is 2.73. The zero-order chi connectivity index (χ0) is 8.48. The highest BCUT2D eigenvalue weighted by Gasteiger charge is 2.07. The molecule has 0 spiro atoms. The summed E-state index contributed by atoms with van der Waals surface area (Å²) >= 11 is 0. The number of hydrogen-bond acceptors (Lipinski definition) is 2. The van der Waals surface area contributed by atoms with Gasteiger partial charge in [-0.3, -0.25) is 4.55 Å². The Morgan fingerprint density at radius 3 is 1.92 bits per heavy atom. The standard InChI is InChI=1S/C6H5FO3S.HI/c7-5-1-3-6(4-2-5)11(8,9)10;/h1-4H,(H,8,9,10);1H. The molecule has 1 rings (SSSR count). The van der Waals surface area contributed by atoms with E-state index in [1.54, 1.807) is 0 Å². The Bertz CT molecular complexity index is 346. The molecule has 0 atom stereocenters. The topological polar surface area (TPSA) is 54.4 Å². The van der Waals surface area contributed by atoms with Gasteiger partial charge in [0, 0.05) is 0 Å². The van der Waals surface area contributed by atoms with E-state index in [2.05, 4.69) is 0 Å². The highest BCUT2D eigenvalue weighted by atomic mass is 127. The van der Waals surface area contributed by atoms with Gasteiger partial charge >= 0.3 is 0 Å². The smallest absolute Gasteiger partial charge is 0.282 e. The first-order valence-corrected chi connectivity index (χ1v) is 4.17. The summed E-state index contributed by atoms with van der Waals surface area (Å²) in [6, 6.07) is 3.90. The van der Waals surface area contributed by atoms with Crippen LogP contribution in [0.25, 0.3) is 0 Å². The second-order valence-corrected chi connectivity index (χ2v) is 3.35. The molecule has 0 saturated carbocycles. The minimum atomic E-state index is -4.19. The van der Waals surface area contributed by atoms with Crippen LogP contribution >= 0.6 is 24.0 Å². The van der Waals surface area contributed by atoms with Gasteiger partial charge in [0.2, 0.25) is 0 Å². The van der Waals surface area contributed by atoms with E-state index in [1.807, 2.05) is 0 Å². The van der Waals surface area contributed by atoms with E-state index in [9.17, 15) is 12.8 Å². The maximum atomic E-state index is 12.2. The molecule has 12 heavy (non-hydrogen) atoms. The fourth-order valence-electron chi connectivity index (χ4n) is 0.607. The molecular formula is C6H6FIO3S. The van der Waals surface area contributed by atoms with Crippen LogP contribution in [0.5, 0.6) is 0 Å². The van der Waals surface area contributed by atoms with E-state index in [0.29, 0.717) is 0 Å². The Hall–Kier alpha value is -0.210. The summed E-state index contributed by atoms with van der Waals surface area (Å²) in [5.74, 6) is -0.544. The van der Waals surface area contributed by atoms with Crippen molar-refractivity contribution >= 4 is 34.1 Å². The van der Waals surface area contributed by atoms with Crippen LogP contribution in [0.15, 0.2) is 29.2 Å². The van der Waals surface area contributed by atoms with E-state index in [1.165, 1.54) is 0 Å². The van der Waals surface area contributed by atoms with Gasteiger partial charge in [-0.2, -0.15) is 8.42 Å². The van der Waals surface area contributed by atoms with Gasteiger partial charge in [0.15, 0.2) is 0 Å². The van der Waals surface area contributed by atoms with Gasteiger partial charge in [-0.1, -0.05) is 0 Å². The van der Waals surface area contributed by atoms with Crippen LogP contribution in [-0.2, 0) is 10.1 Å². The minimum Gasteiger partial charge on any atom is -0.282 e. The average molecular weight is 304 g/mol. The fourth-order valence-corrected chi connectivity index (χ4v) is 1.09. The zero-order valence-corrected chi connectivity index (χ0v) is 8.91. The van der Waals surface area contributed by atoms with Crippen molar-refractivity contribution in [2.24, 2.45) is 0 Å². The molecule has 0 saturated heterocycles. The van der Waals surface area contributed by atoms with Crippen LogP contribution in [-0.4, -0.2) is 13.0 Å². The van der Waals surface area contributed by atoms with Crippen molar-refractivity contribution in [1.82, 2.24) is 0 Å². The van der Waals surface area contributed by atoms with E-state index in [-0.39, 0.29) is 28.9 Å². The highest BCUT2D eigenvalue weighted by molar-refractivity contribution is 14.0. The lowest BCUT2D eigenvalue weighted by Gasteiger charge is -1.93. The molecule has 0 aliphatic carbocycles. The van der Waals surface area contributed by atoms with Crippen molar-refractivity contribution in [1.29, 1.82) is 0 Å². The molecule has 0 heterocycles. The Morgan fingerprint density at radius 2 is 1.58 bits per heavy atom. The summed E-state index contributed by atoms with van der Waals surface area (Å²) in [6.07, 6.45) is 0. The van der Waals surface area contributed by atoms with Gasteiger partial charge in [0.05, 0.1) is 4.90 Å². The van der Waals surface area contributed by atoms with Crippen molar-refractivity contribution in [3.8, 4) is 0 Å². The van der Waals surface area contributed by atoms with Gasteiger partial charge in [0.1, 0.15) is 5.82 Å². The average Bonchev–Trinajstić information content (AvgIpc) is 1.86. The first kappa shape index (κ1) is 11.8. The third-order valence-electron chi connectivity index (χ3n) is 1.11. The molecule has 6 heteroatoms. The SMILES string of the molecule is I.O=S(=O)(O)c1ccc(F)cc1. The molecule has 1 aromatic rings. The van der Waals surface area contributed by atoms with Gasteiger partial charge in [0.25, 0.3) is 10.1 Å². The van der Waals surface area contributed by atoms with E-state index in [4.69, 9.17) is 4.55 Å². The largest absolute Gasteiger partial charge is 0.294 e. The van der Waals surface area contributed by atoms with Gasteiger partial charge in [-0.25, -0.2) is 4.39 Å². The van der Waals surface area contributed by atoms with E-state index < -0.39 is 15.9 Å². The molecule has 0 aromatic heterocycles. The monoisotopic (exact) mass is 304 g/mol. The normalized spacial score (nSPS) is 10.5. The number of rotatable bonds is 1. The Balaban J connectivity index is 0.00000121. The molecule has 0 aliphatic rings. The van der Waals surface area contributed by atoms with Crippen LogP contribution in [0.1, 0.15) is 0 Å². The minimum absolute atomic E-state index is 0. The van der Waals surface area contributed by atoms with Crippen LogP contribution in [0.2, 0.25) is 0 Å². The first-order chi connectivity index (χ1) is 5.00. The summed E-state index contributed by atoms with van der Waals surface area (Å²) in [5, 5.41) is 0. The van der Waals surface area contributed by atoms with E-state index in [0.717, 1.165) is 24.3 Å². The second-order valence-electron chi connectivity index (χ2n) is 1.93. The van der Waals surface area contributed by atoms with Crippen molar-refractivity contribution in [2.45, 2.75) is 4.90 Å². The highest BCUT2D eigenvalue weighted by Crippen LogP contribution is 2.08. The molecule has 3 nitrogen and oxygen atoms in total. The summed E-state index contributed by atoms with van der Waals surface area (Å²) in [5.41, 5.74) is 0. The van der Waals surface area contributed by atoms with Gasteiger partial charge in [-0.15, -0.1) is 24.0 Å². The maximum absolute atomic E-state index is 12.2. The summed E-state index contributed by atoms with van der Waals surface area (Å²) in [4.78, 5) is -0.307. The molecule has 0 radical (unpaired) electrons. The molecule has 68 valence electrons. The fraction of sp³-hybridized carbons (Fsp3) is 0. The molecule has 1 N–H and O–H groups in total. The number of benzene rings is 1. The third kappa shape index (κ3) is 3.03. The Morgan fingerprint density at radius 1 is 1.17 bits per heavy atom. The predicted molar refractivity (Wildman–Crippen MR) is 51.6 cm³/mol. The number of halogens is 2. The molecule has 1 aromatic carbocycles. The van der Waals surface area contributed by atoms with Crippen molar-refractivity contribution < 1.29 is 17.4 Å². The van der Waals surface area contributed by atoms with Crippen LogP contribution in [0.3, 0.4) is 0 Å². The lowest BCUT2D eigenvalue weighted by Crippen LogP contribution is -1.97. The zero-order valence-electron chi connectivity index (χ0n) is 5.77. The maximum Gasteiger partial charge on any atom is 0.294 e. The van der Waals surface area contributed by atoms with Crippen molar-refractivity contribution in [3.05, 3.63) is 30.1 Å². The second kappa shape index (κ2) is 4.15. The number of hydrogen-bond donors (Lipinski definition) is 1. The molecule has 0 fully saturated rings. The van der Waals surface area contributed by atoms with Crippen LogP contribution in [0.4, 0.5) is 4.39 Å². The molecule has 0 amide bonds. The predicted octanol–water partition coefficient (Wildman–Crippen LogP) is 1.69. The van der Waals surface area contributed by atoms with Crippen LogP contribution in [0, 0.1) is 5.82 Å². The summed E-state index contributed by atoms with van der Waals surface area (Å²) < 4.78 is 41.4. The van der Waals surface area contributed by atoms with E-state index >= 15 is 0 Å². The molecular weight excluding hydrogens is 298 g/mol. The Kier molecular flexibility index (Phi) is 4.08. The summed E-state index contributed by atoms with van der Waals surface area (Å²) in [7, 11) is -4.19. The lowest BCUT2D eigenvalue weighted by molar-refractivity contribution is 0.483. The van der Waals surface area contributed by atoms with Crippen LogP contribution < -0.4 is 0 Å². The quantitative estimate of drug-likeness (QED) is 0.634. The molecule has 0 unspecified atom stereocenters.